The first kappa shape index (κ1) is 13.6. The van der Waals surface area contributed by atoms with Crippen molar-refractivity contribution < 1.29 is 9.90 Å². The van der Waals surface area contributed by atoms with E-state index in [0.717, 1.165) is 51.7 Å². The number of hydrogen-bond donors (Lipinski definition) is 1. The Morgan fingerprint density at radius 1 is 1.16 bits per heavy atom. The first-order valence-electron chi connectivity index (χ1n) is 8.15. The first-order chi connectivity index (χ1) is 9.17. The van der Waals surface area contributed by atoms with Crippen molar-refractivity contribution >= 4 is 5.78 Å². The van der Waals surface area contributed by atoms with E-state index < -0.39 is 0 Å². The molecule has 2 saturated carbocycles. The predicted molar refractivity (Wildman–Crippen MR) is 74.9 cm³/mol. The normalized spacial score (nSPS) is 41.0. The van der Waals surface area contributed by atoms with Crippen molar-refractivity contribution in [2.24, 2.45) is 11.8 Å². The van der Waals surface area contributed by atoms with Crippen LogP contribution in [0.4, 0.5) is 0 Å². The molecule has 0 spiro atoms. The maximum Gasteiger partial charge on any atom is 0.137 e. The average Bonchev–Trinajstić information content (AvgIpc) is 2.41. The molecule has 3 nitrogen and oxygen atoms in total. The number of carbonyl (C=O) groups excluding carboxylic acids is 1. The van der Waals surface area contributed by atoms with E-state index in [1.807, 2.05) is 0 Å². The van der Waals surface area contributed by atoms with Crippen molar-refractivity contribution in [2.75, 3.05) is 19.6 Å². The topological polar surface area (TPSA) is 40.5 Å². The molecule has 3 heteroatoms. The molecule has 3 atom stereocenters. The highest BCUT2D eigenvalue weighted by atomic mass is 16.3. The minimum Gasteiger partial charge on any atom is -0.390 e. The molecule has 0 radical (unpaired) electrons. The number of Topliss-reactive ketones (excluding diaryl/α,β-unsaturated/α-hetero) is 1. The summed E-state index contributed by atoms with van der Waals surface area (Å²) in [4.78, 5) is 14.4. The molecule has 3 aliphatic rings. The summed E-state index contributed by atoms with van der Waals surface area (Å²) in [7, 11) is 0. The molecule has 1 saturated heterocycles. The van der Waals surface area contributed by atoms with Gasteiger partial charge >= 0.3 is 0 Å². The molecule has 19 heavy (non-hydrogen) atoms. The summed E-state index contributed by atoms with van der Waals surface area (Å²) in [5, 5.41) is 10.7. The number of likely N-dealkylation sites (tertiary alicyclic amines) is 1. The molecular weight excluding hydrogens is 238 g/mol. The molecule has 1 heterocycles. The van der Waals surface area contributed by atoms with Crippen molar-refractivity contribution in [1.82, 2.24) is 4.90 Å². The molecule has 108 valence electrons. The minimum atomic E-state index is -0.384. The van der Waals surface area contributed by atoms with Gasteiger partial charge in [0.1, 0.15) is 5.78 Å². The number of aliphatic hydroxyl groups is 1. The zero-order chi connectivity index (χ0) is 13.3. The third kappa shape index (κ3) is 2.87. The highest BCUT2D eigenvalue weighted by Crippen LogP contribution is 2.40. The van der Waals surface area contributed by atoms with Gasteiger partial charge in [0.25, 0.3) is 0 Å². The quantitative estimate of drug-likeness (QED) is 0.833. The standard InChI is InChI=1S/C16H27NO2/c18-15-7-2-1-5-13(15)11-17-10-9-16(19)8-4-3-6-14(16)12-17/h13-14,19H,1-12H2. The predicted octanol–water partition coefficient (Wildman–Crippen LogP) is 2.37. The van der Waals surface area contributed by atoms with Crippen LogP contribution in [-0.2, 0) is 4.79 Å². The van der Waals surface area contributed by atoms with E-state index in [2.05, 4.69) is 4.90 Å². The number of nitrogens with zero attached hydrogens (tertiary/aromatic N) is 1. The van der Waals surface area contributed by atoms with Crippen LogP contribution in [0.25, 0.3) is 0 Å². The number of rotatable bonds is 2. The second-order valence-corrected chi connectivity index (χ2v) is 6.96. The van der Waals surface area contributed by atoms with Crippen molar-refractivity contribution in [1.29, 1.82) is 0 Å². The molecule has 0 aromatic heterocycles. The first-order valence-corrected chi connectivity index (χ1v) is 8.15. The van der Waals surface area contributed by atoms with Crippen LogP contribution in [-0.4, -0.2) is 41.0 Å². The van der Waals surface area contributed by atoms with Gasteiger partial charge in [0.2, 0.25) is 0 Å². The molecule has 0 aromatic rings. The van der Waals surface area contributed by atoms with Crippen molar-refractivity contribution in [3.8, 4) is 0 Å². The summed E-state index contributed by atoms with van der Waals surface area (Å²) in [5.41, 5.74) is -0.384. The van der Waals surface area contributed by atoms with E-state index in [4.69, 9.17) is 0 Å². The highest BCUT2D eigenvalue weighted by molar-refractivity contribution is 5.81. The van der Waals surface area contributed by atoms with E-state index >= 15 is 0 Å². The Morgan fingerprint density at radius 2 is 2.00 bits per heavy atom. The molecule has 3 rings (SSSR count). The summed E-state index contributed by atoms with van der Waals surface area (Å²) in [5.74, 6) is 1.22. The average molecular weight is 265 g/mol. The van der Waals surface area contributed by atoms with E-state index in [1.54, 1.807) is 0 Å². The van der Waals surface area contributed by atoms with Gasteiger partial charge in [-0.3, -0.25) is 4.79 Å². The molecule has 3 fully saturated rings. The molecule has 1 N–H and O–H groups in total. The lowest BCUT2D eigenvalue weighted by molar-refractivity contribution is -0.127. The van der Waals surface area contributed by atoms with Crippen LogP contribution in [0.1, 0.15) is 57.8 Å². The van der Waals surface area contributed by atoms with Gasteiger partial charge < -0.3 is 10.0 Å². The van der Waals surface area contributed by atoms with Gasteiger partial charge in [-0.2, -0.15) is 0 Å². The van der Waals surface area contributed by atoms with Crippen LogP contribution in [0.5, 0.6) is 0 Å². The number of ketones is 1. The lowest BCUT2D eigenvalue weighted by Crippen LogP contribution is -2.54. The van der Waals surface area contributed by atoms with Crippen molar-refractivity contribution in [3.63, 3.8) is 0 Å². The minimum absolute atomic E-state index is 0.281. The second kappa shape index (κ2) is 5.53. The summed E-state index contributed by atoms with van der Waals surface area (Å²) in [6, 6.07) is 0. The molecular formula is C16H27NO2. The lowest BCUT2D eigenvalue weighted by atomic mass is 9.71. The molecule has 3 unspecified atom stereocenters. The van der Waals surface area contributed by atoms with E-state index in [1.165, 1.54) is 25.7 Å². The number of piperidine rings is 1. The molecule has 1 aliphatic heterocycles. The lowest BCUT2D eigenvalue weighted by Gasteiger charge is -2.48. The van der Waals surface area contributed by atoms with Gasteiger partial charge in [0, 0.05) is 37.9 Å². The van der Waals surface area contributed by atoms with Gasteiger partial charge in [-0.25, -0.2) is 0 Å². The Labute approximate surface area is 116 Å². The summed E-state index contributed by atoms with van der Waals surface area (Å²) >= 11 is 0. The van der Waals surface area contributed by atoms with Gasteiger partial charge in [-0.1, -0.05) is 19.3 Å². The fraction of sp³-hybridized carbons (Fsp3) is 0.938. The van der Waals surface area contributed by atoms with Crippen LogP contribution >= 0.6 is 0 Å². The summed E-state index contributed by atoms with van der Waals surface area (Å²) in [6.07, 6.45) is 9.74. The number of carbonyl (C=O) groups is 1. The highest BCUT2D eigenvalue weighted by Gasteiger charge is 2.43. The molecule has 2 aliphatic carbocycles. The van der Waals surface area contributed by atoms with Crippen molar-refractivity contribution in [2.45, 2.75) is 63.4 Å². The zero-order valence-electron chi connectivity index (χ0n) is 11.9. The fourth-order valence-electron chi connectivity index (χ4n) is 4.37. The monoisotopic (exact) mass is 265 g/mol. The number of hydrogen-bond acceptors (Lipinski definition) is 3. The van der Waals surface area contributed by atoms with Crippen LogP contribution in [0, 0.1) is 11.8 Å². The maximum atomic E-state index is 11.9. The van der Waals surface area contributed by atoms with E-state index in [0.29, 0.717) is 11.7 Å². The van der Waals surface area contributed by atoms with Gasteiger partial charge in [0.05, 0.1) is 5.60 Å². The maximum absolute atomic E-state index is 11.9. The molecule has 0 bridgehead atoms. The number of fused-ring (bicyclic) bond motifs is 1. The Morgan fingerprint density at radius 3 is 2.84 bits per heavy atom. The van der Waals surface area contributed by atoms with Gasteiger partial charge in [-0.15, -0.1) is 0 Å². The molecule has 0 amide bonds. The molecule has 0 aromatic carbocycles. The van der Waals surface area contributed by atoms with Crippen molar-refractivity contribution in [3.05, 3.63) is 0 Å². The largest absolute Gasteiger partial charge is 0.390 e. The van der Waals surface area contributed by atoms with Crippen LogP contribution < -0.4 is 0 Å². The van der Waals surface area contributed by atoms with Crippen LogP contribution in [0.3, 0.4) is 0 Å². The van der Waals surface area contributed by atoms with E-state index in [9.17, 15) is 9.90 Å². The summed E-state index contributed by atoms with van der Waals surface area (Å²) < 4.78 is 0. The van der Waals surface area contributed by atoms with Crippen LogP contribution in [0.15, 0.2) is 0 Å². The third-order valence-corrected chi connectivity index (χ3v) is 5.67. The zero-order valence-corrected chi connectivity index (χ0v) is 11.9. The van der Waals surface area contributed by atoms with Gasteiger partial charge in [0.15, 0.2) is 0 Å². The summed E-state index contributed by atoms with van der Waals surface area (Å²) in [6.45, 7) is 2.95. The van der Waals surface area contributed by atoms with Gasteiger partial charge in [-0.05, 0) is 32.1 Å². The SMILES string of the molecule is O=C1CCCCC1CN1CCC2(O)CCCCC2C1. The van der Waals surface area contributed by atoms with Crippen LogP contribution in [0.2, 0.25) is 0 Å². The Hall–Kier alpha value is -0.410. The Kier molecular flexibility index (Phi) is 3.95. The third-order valence-electron chi connectivity index (χ3n) is 5.67. The second-order valence-electron chi connectivity index (χ2n) is 6.96. The fourth-order valence-corrected chi connectivity index (χ4v) is 4.37. The Bertz CT molecular complexity index is 344. The Balaban J connectivity index is 1.57. The smallest absolute Gasteiger partial charge is 0.137 e. The van der Waals surface area contributed by atoms with E-state index in [-0.39, 0.29) is 11.5 Å².